The van der Waals surface area contributed by atoms with Gasteiger partial charge in [0.05, 0.1) is 0 Å². The molecule has 0 atom stereocenters. The maximum absolute atomic E-state index is 3.64. The van der Waals surface area contributed by atoms with E-state index in [1.807, 2.05) is 0 Å². The van der Waals surface area contributed by atoms with E-state index < -0.39 is 0 Å². The molecule has 90 valence electrons. The van der Waals surface area contributed by atoms with Crippen LogP contribution in [-0.2, 0) is 0 Å². The predicted octanol–water partition coefficient (Wildman–Crippen LogP) is 3.69. The summed E-state index contributed by atoms with van der Waals surface area (Å²) in [6, 6.07) is 0. The molecule has 0 bridgehead atoms. The molecule has 15 heavy (non-hydrogen) atoms. The second kappa shape index (κ2) is 7.56. The van der Waals surface area contributed by atoms with Gasteiger partial charge in [-0.3, -0.25) is 0 Å². The lowest BCUT2D eigenvalue weighted by Gasteiger charge is -2.33. The maximum Gasteiger partial charge on any atom is 0.000516 e. The summed E-state index contributed by atoms with van der Waals surface area (Å²) in [6.07, 6.45) is 8.55. The minimum atomic E-state index is 0.607. The van der Waals surface area contributed by atoms with Crippen LogP contribution in [0.3, 0.4) is 0 Å². The third-order valence-electron chi connectivity index (χ3n) is 3.46. The standard InChI is InChI=1S/C13H27NS/c1-3-15-11-7-10-14-12-13(2)8-5-4-6-9-13/h14H,3-12H2,1-2H3. The molecule has 0 aromatic heterocycles. The first kappa shape index (κ1) is 13.4. The van der Waals surface area contributed by atoms with E-state index in [0.29, 0.717) is 5.41 Å². The van der Waals surface area contributed by atoms with Crippen molar-refractivity contribution in [3.63, 3.8) is 0 Å². The van der Waals surface area contributed by atoms with Crippen LogP contribution in [0.5, 0.6) is 0 Å². The predicted molar refractivity (Wildman–Crippen MR) is 71.7 cm³/mol. The van der Waals surface area contributed by atoms with Gasteiger partial charge in [0.1, 0.15) is 0 Å². The lowest BCUT2D eigenvalue weighted by molar-refractivity contribution is 0.208. The van der Waals surface area contributed by atoms with E-state index in [2.05, 4.69) is 30.9 Å². The molecular formula is C13H27NS. The summed E-state index contributed by atoms with van der Waals surface area (Å²) in [5, 5.41) is 3.64. The third-order valence-corrected chi connectivity index (χ3v) is 4.44. The zero-order chi connectivity index (χ0) is 11.0. The van der Waals surface area contributed by atoms with E-state index >= 15 is 0 Å². The Bertz CT molecular complexity index is 153. The van der Waals surface area contributed by atoms with E-state index in [1.165, 1.54) is 63.1 Å². The van der Waals surface area contributed by atoms with Crippen molar-refractivity contribution in [1.29, 1.82) is 0 Å². The van der Waals surface area contributed by atoms with Gasteiger partial charge in [-0.25, -0.2) is 0 Å². The van der Waals surface area contributed by atoms with Crippen LogP contribution in [-0.4, -0.2) is 24.6 Å². The van der Waals surface area contributed by atoms with Crippen molar-refractivity contribution in [2.24, 2.45) is 5.41 Å². The quantitative estimate of drug-likeness (QED) is 0.668. The Hall–Kier alpha value is 0.310. The molecule has 1 rings (SSSR count). The molecule has 1 fully saturated rings. The zero-order valence-corrected chi connectivity index (χ0v) is 11.3. The molecule has 0 heterocycles. The van der Waals surface area contributed by atoms with Gasteiger partial charge in [-0.1, -0.05) is 33.1 Å². The minimum absolute atomic E-state index is 0.607. The molecule has 1 aliphatic rings. The van der Waals surface area contributed by atoms with Crippen LogP contribution in [0.15, 0.2) is 0 Å². The Morgan fingerprint density at radius 1 is 1.20 bits per heavy atom. The summed E-state index contributed by atoms with van der Waals surface area (Å²) in [5.41, 5.74) is 0.607. The Morgan fingerprint density at radius 2 is 1.93 bits per heavy atom. The molecule has 0 aromatic rings. The molecule has 0 spiro atoms. The molecule has 0 amide bonds. The average Bonchev–Trinajstić information content (AvgIpc) is 2.24. The minimum Gasteiger partial charge on any atom is -0.316 e. The highest BCUT2D eigenvalue weighted by molar-refractivity contribution is 7.99. The van der Waals surface area contributed by atoms with E-state index in [4.69, 9.17) is 0 Å². The first-order valence-electron chi connectivity index (χ1n) is 6.55. The van der Waals surface area contributed by atoms with Crippen LogP contribution in [0.2, 0.25) is 0 Å². The van der Waals surface area contributed by atoms with Crippen LogP contribution < -0.4 is 5.32 Å². The summed E-state index contributed by atoms with van der Waals surface area (Å²) < 4.78 is 0. The fraction of sp³-hybridized carbons (Fsp3) is 1.00. The topological polar surface area (TPSA) is 12.0 Å². The molecule has 2 heteroatoms. The average molecular weight is 229 g/mol. The number of hydrogen-bond donors (Lipinski definition) is 1. The van der Waals surface area contributed by atoms with Crippen molar-refractivity contribution in [2.75, 3.05) is 24.6 Å². The van der Waals surface area contributed by atoms with Gasteiger partial charge in [-0.15, -0.1) is 0 Å². The van der Waals surface area contributed by atoms with E-state index in [-0.39, 0.29) is 0 Å². The fourth-order valence-electron chi connectivity index (χ4n) is 2.42. The third kappa shape index (κ3) is 5.82. The first-order valence-corrected chi connectivity index (χ1v) is 7.71. The van der Waals surface area contributed by atoms with Crippen LogP contribution in [0.1, 0.15) is 52.4 Å². The fourth-order valence-corrected chi connectivity index (χ4v) is 3.05. The van der Waals surface area contributed by atoms with Crippen LogP contribution in [0.25, 0.3) is 0 Å². The number of thioether (sulfide) groups is 1. The summed E-state index contributed by atoms with van der Waals surface area (Å²) in [6.45, 7) is 7.15. The monoisotopic (exact) mass is 229 g/mol. The van der Waals surface area contributed by atoms with Gasteiger partial charge in [0.2, 0.25) is 0 Å². The molecule has 0 saturated heterocycles. The molecule has 1 nitrogen and oxygen atoms in total. The molecule has 1 aliphatic carbocycles. The molecule has 0 aromatic carbocycles. The SMILES string of the molecule is CCSCCCNCC1(C)CCCCC1. The van der Waals surface area contributed by atoms with Crippen molar-refractivity contribution >= 4 is 11.8 Å². The highest BCUT2D eigenvalue weighted by Gasteiger charge is 2.25. The Kier molecular flexibility index (Phi) is 6.74. The van der Waals surface area contributed by atoms with E-state index in [9.17, 15) is 0 Å². The summed E-state index contributed by atoms with van der Waals surface area (Å²) >= 11 is 2.05. The molecular weight excluding hydrogens is 202 g/mol. The van der Waals surface area contributed by atoms with Gasteiger partial charge in [0, 0.05) is 6.54 Å². The molecule has 1 saturated carbocycles. The van der Waals surface area contributed by atoms with Crippen molar-refractivity contribution in [3.8, 4) is 0 Å². The maximum atomic E-state index is 3.64. The van der Waals surface area contributed by atoms with E-state index in [1.54, 1.807) is 0 Å². The van der Waals surface area contributed by atoms with Gasteiger partial charge in [0.25, 0.3) is 0 Å². The van der Waals surface area contributed by atoms with Gasteiger partial charge in [0.15, 0.2) is 0 Å². The number of hydrogen-bond acceptors (Lipinski definition) is 2. The lowest BCUT2D eigenvalue weighted by Crippen LogP contribution is -2.34. The molecule has 0 unspecified atom stereocenters. The number of nitrogens with one attached hydrogen (secondary N) is 1. The van der Waals surface area contributed by atoms with Crippen molar-refractivity contribution in [1.82, 2.24) is 5.32 Å². The lowest BCUT2D eigenvalue weighted by atomic mass is 9.76. The molecule has 0 radical (unpaired) electrons. The second-order valence-electron chi connectivity index (χ2n) is 5.10. The first-order chi connectivity index (χ1) is 7.27. The van der Waals surface area contributed by atoms with Gasteiger partial charge >= 0.3 is 0 Å². The summed E-state index contributed by atoms with van der Waals surface area (Å²) in [7, 11) is 0. The van der Waals surface area contributed by atoms with Crippen molar-refractivity contribution < 1.29 is 0 Å². The van der Waals surface area contributed by atoms with E-state index in [0.717, 1.165) is 0 Å². The Balaban J connectivity index is 1.98. The van der Waals surface area contributed by atoms with Crippen LogP contribution in [0, 0.1) is 5.41 Å². The summed E-state index contributed by atoms with van der Waals surface area (Å²) in [5.74, 6) is 2.58. The van der Waals surface area contributed by atoms with Crippen LogP contribution in [0.4, 0.5) is 0 Å². The second-order valence-corrected chi connectivity index (χ2v) is 6.49. The van der Waals surface area contributed by atoms with Gasteiger partial charge in [-0.2, -0.15) is 11.8 Å². The van der Waals surface area contributed by atoms with Crippen LogP contribution >= 0.6 is 11.8 Å². The normalized spacial score (nSPS) is 20.4. The van der Waals surface area contributed by atoms with Gasteiger partial charge in [-0.05, 0) is 42.7 Å². The molecule has 1 N–H and O–H groups in total. The summed E-state index contributed by atoms with van der Waals surface area (Å²) in [4.78, 5) is 0. The number of rotatable bonds is 7. The highest BCUT2D eigenvalue weighted by Crippen LogP contribution is 2.34. The van der Waals surface area contributed by atoms with Gasteiger partial charge < -0.3 is 5.32 Å². The smallest absolute Gasteiger partial charge is 0.000516 e. The Labute approximate surface area is 99.8 Å². The van der Waals surface area contributed by atoms with Crippen molar-refractivity contribution in [3.05, 3.63) is 0 Å². The largest absolute Gasteiger partial charge is 0.316 e. The molecule has 0 aliphatic heterocycles. The Morgan fingerprint density at radius 3 is 2.60 bits per heavy atom. The van der Waals surface area contributed by atoms with Crippen molar-refractivity contribution in [2.45, 2.75) is 52.4 Å². The highest BCUT2D eigenvalue weighted by atomic mass is 32.2. The zero-order valence-electron chi connectivity index (χ0n) is 10.5.